The molecule has 0 aliphatic heterocycles. The van der Waals surface area contributed by atoms with E-state index in [1.165, 1.54) is 31.5 Å². The highest BCUT2D eigenvalue weighted by Gasteiger charge is 2.16. The van der Waals surface area contributed by atoms with Gasteiger partial charge in [-0.05, 0) is 36.2 Å². The van der Waals surface area contributed by atoms with Crippen molar-refractivity contribution in [3.8, 4) is 11.5 Å². The third kappa shape index (κ3) is 5.42. The molecule has 0 aliphatic rings. The Morgan fingerprint density at radius 1 is 1.22 bits per heavy atom. The summed E-state index contributed by atoms with van der Waals surface area (Å²) < 4.78 is 35.2. The summed E-state index contributed by atoms with van der Waals surface area (Å²) in [5.74, 6) is 1.07. The first-order valence-electron chi connectivity index (χ1n) is 7.97. The highest BCUT2D eigenvalue weighted by atomic mass is 32.2. The lowest BCUT2D eigenvalue weighted by Crippen LogP contribution is -2.18. The van der Waals surface area contributed by atoms with E-state index in [0.29, 0.717) is 23.7 Å². The fourth-order valence-electron chi connectivity index (χ4n) is 2.09. The molecule has 10 heteroatoms. The molecule has 0 unspecified atom stereocenters. The number of nitrogens with zero attached hydrogens (tertiary/aromatic N) is 2. The fourth-order valence-corrected chi connectivity index (χ4v) is 2.92. The van der Waals surface area contributed by atoms with Crippen LogP contribution in [0.15, 0.2) is 52.5 Å². The van der Waals surface area contributed by atoms with E-state index in [1.807, 2.05) is 11.8 Å². The van der Waals surface area contributed by atoms with Crippen molar-refractivity contribution in [1.82, 2.24) is 4.83 Å². The predicted octanol–water partition coefficient (Wildman–Crippen LogP) is 2.70. The molecule has 0 heterocycles. The minimum Gasteiger partial charge on any atom is -0.493 e. The minimum atomic E-state index is -4.03. The van der Waals surface area contributed by atoms with Gasteiger partial charge >= 0.3 is 0 Å². The average molecular weight is 393 g/mol. The smallest absolute Gasteiger partial charge is 0.276 e. The Labute approximate surface area is 156 Å². The van der Waals surface area contributed by atoms with E-state index >= 15 is 0 Å². The number of nitrogens with one attached hydrogen (secondary N) is 1. The van der Waals surface area contributed by atoms with Crippen LogP contribution in [0.5, 0.6) is 11.5 Å². The van der Waals surface area contributed by atoms with E-state index in [4.69, 9.17) is 9.47 Å². The van der Waals surface area contributed by atoms with Gasteiger partial charge in [0.05, 0.1) is 29.8 Å². The number of non-ortho nitro benzene ring substituents is 1. The lowest BCUT2D eigenvalue weighted by Gasteiger charge is -2.10. The second-order valence-electron chi connectivity index (χ2n) is 5.37. The van der Waals surface area contributed by atoms with Crippen LogP contribution >= 0.6 is 0 Å². The number of ether oxygens (including phenoxy) is 2. The van der Waals surface area contributed by atoms with E-state index in [0.717, 1.165) is 12.5 Å². The average Bonchev–Trinajstić information content (AvgIpc) is 2.66. The number of hydrogen-bond acceptors (Lipinski definition) is 7. The minimum absolute atomic E-state index is 0.254. The van der Waals surface area contributed by atoms with Crippen molar-refractivity contribution < 1.29 is 22.8 Å². The molecule has 9 nitrogen and oxygen atoms in total. The van der Waals surface area contributed by atoms with Crippen LogP contribution in [0.4, 0.5) is 5.69 Å². The molecule has 2 aromatic rings. The molecule has 2 rings (SSSR count). The number of hydrogen-bond donors (Lipinski definition) is 1. The molecule has 0 spiro atoms. The van der Waals surface area contributed by atoms with Crippen molar-refractivity contribution in [2.75, 3.05) is 13.7 Å². The van der Waals surface area contributed by atoms with Crippen molar-refractivity contribution in [1.29, 1.82) is 0 Å². The van der Waals surface area contributed by atoms with E-state index < -0.39 is 14.9 Å². The fraction of sp³-hybridized carbons (Fsp3) is 0.235. The summed E-state index contributed by atoms with van der Waals surface area (Å²) >= 11 is 0. The standard InChI is InChI=1S/C17H19N3O6S/c1-3-9-26-17-10-13(7-8-16(17)25-2)12-18-19-27(23,24)15-6-4-5-14(11-15)20(21)22/h4-8,10-12,19H,3,9H2,1-2H3/b18-12+. The molecule has 0 saturated carbocycles. The molecule has 0 radical (unpaired) electrons. The Morgan fingerprint density at radius 2 is 2.00 bits per heavy atom. The lowest BCUT2D eigenvalue weighted by atomic mass is 10.2. The van der Waals surface area contributed by atoms with Crippen LogP contribution in [-0.2, 0) is 10.0 Å². The summed E-state index contributed by atoms with van der Waals surface area (Å²) in [6.45, 7) is 2.48. The van der Waals surface area contributed by atoms with Crippen molar-refractivity contribution in [2.24, 2.45) is 5.10 Å². The van der Waals surface area contributed by atoms with E-state index in [1.54, 1.807) is 18.2 Å². The third-order valence-electron chi connectivity index (χ3n) is 3.37. The van der Waals surface area contributed by atoms with Gasteiger partial charge in [0.15, 0.2) is 11.5 Å². The molecule has 0 fully saturated rings. The van der Waals surface area contributed by atoms with Crippen LogP contribution in [0.25, 0.3) is 0 Å². The predicted molar refractivity (Wildman–Crippen MR) is 99.8 cm³/mol. The van der Waals surface area contributed by atoms with Gasteiger partial charge in [-0.25, -0.2) is 4.83 Å². The van der Waals surface area contributed by atoms with Gasteiger partial charge in [-0.1, -0.05) is 13.0 Å². The molecule has 0 aromatic heterocycles. The van der Waals surface area contributed by atoms with Crippen LogP contribution in [-0.4, -0.2) is 33.3 Å². The van der Waals surface area contributed by atoms with Gasteiger partial charge in [-0.2, -0.15) is 13.5 Å². The van der Waals surface area contributed by atoms with Crippen LogP contribution in [0.2, 0.25) is 0 Å². The van der Waals surface area contributed by atoms with Crippen LogP contribution in [0.1, 0.15) is 18.9 Å². The van der Waals surface area contributed by atoms with Gasteiger partial charge in [0.25, 0.3) is 15.7 Å². The molecule has 0 aliphatic carbocycles. The van der Waals surface area contributed by atoms with Crippen LogP contribution in [0, 0.1) is 10.1 Å². The first-order valence-corrected chi connectivity index (χ1v) is 9.46. The van der Waals surface area contributed by atoms with Crippen molar-refractivity contribution in [2.45, 2.75) is 18.2 Å². The molecular weight excluding hydrogens is 374 g/mol. The zero-order valence-electron chi connectivity index (χ0n) is 14.8. The first-order chi connectivity index (χ1) is 12.9. The van der Waals surface area contributed by atoms with Crippen LogP contribution in [0.3, 0.4) is 0 Å². The summed E-state index contributed by atoms with van der Waals surface area (Å²) in [6.07, 6.45) is 2.12. The van der Waals surface area contributed by atoms with E-state index in [2.05, 4.69) is 5.10 Å². The molecule has 0 bridgehead atoms. The lowest BCUT2D eigenvalue weighted by molar-refractivity contribution is -0.385. The number of methoxy groups -OCH3 is 1. The summed E-state index contributed by atoms with van der Waals surface area (Å²) in [4.78, 5) is 11.9. The largest absolute Gasteiger partial charge is 0.493 e. The molecule has 144 valence electrons. The van der Waals surface area contributed by atoms with Gasteiger partial charge in [-0.15, -0.1) is 0 Å². The number of benzene rings is 2. The Hall–Kier alpha value is -3.14. The molecule has 2 aromatic carbocycles. The third-order valence-corrected chi connectivity index (χ3v) is 4.59. The van der Waals surface area contributed by atoms with Crippen LogP contribution < -0.4 is 14.3 Å². The van der Waals surface area contributed by atoms with Gasteiger partial charge in [0.2, 0.25) is 0 Å². The van der Waals surface area contributed by atoms with Crippen molar-refractivity contribution in [3.05, 3.63) is 58.1 Å². The molecule has 1 N–H and O–H groups in total. The molecule has 27 heavy (non-hydrogen) atoms. The molecular formula is C17H19N3O6S. The maximum atomic E-state index is 12.2. The second kappa shape index (κ2) is 8.99. The normalized spacial score (nSPS) is 11.3. The SMILES string of the molecule is CCCOc1cc(/C=N/NS(=O)(=O)c2cccc([N+](=O)[O-])c2)ccc1OC. The Morgan fingerprint density at radius 3 is 2.67 bits per heavy atom. The Balaban J connectivity index is 2.16. The Kier molecular flexibility index (Phi) is 6.72. The van der Waals surface area contributed by atoms with Gasteiger partial charge in [0.1, 0.15) is 0 Å². The van der Waals surface area contributed by atoms with Crippen molar-refractivity contribution >= 4 is 21.9 Å². The highest BCUT2D eigenvalue weighted by molar-refractivity contribution is 7.89. The molecule has 0 atom stereocenters. The maximum Gasteiger partial charge on any atom is 0.276 e. The quantitative estimate of drug-likeness (QED) is 0.397. The Bertz CT molecular complexity index is 943. The number of rotatable bonds is 9. The number of nitro benzene ring substituents is 1. The number of nitro groups is 1. The topological polar surface area (TPSA) is 120 Å². The second-order valence-corrected chi connectivity index (χ2v) is 7.03. The zero-order chi connectivity index (χ0) is 19.9. The van der Waals surface area contributed by atoms with Gasteiger partial charge < -0.3 is 9.47 Å². The van der Waals surface area contributed by atoms with Gasteiger partial charge in [0, 0.05) is 12.1 Å². The first kappa shape index (κ1) is 20.2. The zero-order valence-corrected chi connectivity index (χ0v) is 15.6. The van der Waals surface area contributed by atoms with Crippen molar-refractivity contribution in [3.63, 3.8) is 0 Å². The number of sulfonamides is 1. The number of hydrazone groups is 1. The molecule has 0 saturated heterocycles. The van der Waals surface area contributed by atoms with E-state index in [-0.39, 0.29) is 10.6 Å². The monoisotopic (exact) mass is 393 g/mol. The summed E-state index contributed by atoms with van der Waals surface area (Å²) in [5.41, 5.74) is 0.262. The van der Waals surface area contributed by atoms with Gasteiger partial charge in [-0.3, -0.25) is 10.1 Å². The summed E-state index contributed by atoms with van der Waals surface area (Å²) in [7, 11) is -2.51. The summed E-state index contributed by atoms with van der Waals surface area (Å²) in [6, 6.07) is 9.73. The molecule has 0 amide bonds. The van der Waals surface area contributed by atoms with E-state index in [9.17, 15) is 18.5 Å². The summed E-state index contributed by atoms with van der Waals surface area (Å²) in [5, 5.41) is 14.5. The maximum absolute atomic E-state index is 12.2. The highest BCUT2D eigenvalue weighted by Crippen LogP contribution is 2.27.